The predicted octanol–water partition coefficient (Wildman–Crippen LogP) is 0.754. The molecule has 1 aromatic carbocycles. The second kappa shape index (κ2) is 4.49. The van der Waals surface area contributed by atoms with Gasteiger partial charge in [-0.15, -0.1) is 0 Å². The minimum Gasteiger partial charge on any atom is -0.330 e. The maximum atomic E-state index is 11.8. The first-order valence-electron chi connectivity index (χ1n) is 5.71. The van der Waals surface area contributed by atoms with E-state index in [1.807, 2.05) is 12.1 Å². The Bertz CT molecular complexity index is 538. The number of halogens is 1. The van der Waals surface area contributed by atoms with Crippen molar-refractivity contribution in [3.63, 3.8) is 0 Å². The van der Waals surface area contributed by atoms with Crippen molar-refractivity contribution in [1.29, 1.82) is 0 Å². The first kappa shape index (κ1) is 13.8. The van der Waals surface area contributed by atoms with Crippen molar-refractivity contribution in [3.8, 4) is 0 Å². The quantitative estimate of drug-likeness (QED) is 0.856. The van der Waals surface area contributed by atoms with Crippen molar-refractivity contribution in [3.05, 3.63) is 34.9 Å². The highest BCUT2D eigenvalue weighted by Gasteiger charge is 2.68. The Morgan fingerprint density at radius 2 is 1.72 bits per heavy atom. The van der Waals surface area contributed by atoms with E-state index >= 15 is 0 Å². The molecule has 0 radical (unpaired) electrons. The molecule has 18 heavy (non-hydrogen) atoms. The third-order valence-electron chi connectivity index (χ3n) is 3.83. The molecule has 6 heteroatoms. The van der Waals surface area contributed by atoms with Crippen LogP contribution in [0.4, 0.5) is 0 Å². The van der Waals surface area contributed by atoms with Gasteiger partial charge in [0.2, 0.25) is 0 Å². The Labute approximate surface area is 112 Å². The zero-order chi connectivity index (χ0) is 13.6. The lowest BCUT2D eigenvalue weighted by Crippen LogP contribution is -2.31. The summed E-state index contributed by atoms with van der Waals surface area (Å²) >= 11 is 5.83. The largest absolute Gasteiger partial charge is 0.330 e. The Morgan fingerprint density at radius 3 is 2.06 bits per heavy atom. The van der Waals surface area contributed by atoms with Crippen molar-refractivity contribution in [2.75, 3.05) is 19.3 Å². The Hall–Kier alpha value is -0.620. The monoisotopic (exact) mass is 288 g/mol. The number of hydrogen-bond donors (Lipinski definition) is 2. The summed E-state index contributed by atoms with van der Waals surface area (Å²) in [6.45, 7) is 0.545. The maximum absolute atomic E-state index is 11.8. The van der Waals surface area contributed by atoms with E-state index in [0.29, 0.717) is 5.02 Å². The van der Waals surface area contributed by atoms with E-state index in [1.165, 1.54) is 6.26 Å². The minimum atomic E-state index is -3.16. The second-order valence-corrected chi connectivity index (χ2v) is 7.52. The van der Waals surface area contributed by atoms with Crippen molar-refractivity contribution in [2.24, 2.45) is 16.9 Å². The highest BCUT2D eigenvalue weighted by Crippen LogP contribution is 2.61. The fraction of sp³-hybridized carbons (Fsp3) is 0.500. The van der Waals surface area contributed by atoms with E-state index in [0.717, 1.165) is 5.56 Å². The van der Waals surface area contributed by atoms with E-state index < -0.39 is 20.5 Å². The van der Waals surface area contributed by atoms with Gasteiger partial charge in [0.15, 0.2) is 9.84 Å². The number of sulfone groups is 1. The summed E-state index contributed by atoms with van der Waals surface area (Å²) in [4.78, 5) is 0. The van der Waals surface area contributed by atoms with E-state index in [-0.39, 0.29) is 19.0 Å². The molecular formula is C12H17ClN2O2S. The molecule has 0 amide bonds. The number of rotatable bonds is 4. The van der Waals surface area contributed by atoms with Crippen molar-refractivity contribution in [1.82, 2.24) is 0 Å². The zero-order valence-electron chi connectivity index (χ0n) is 10.1. The molecule has 100 valence electrons. The highest BCUT2D eigenvalue weighted by atomic mass is 35.5. The van der Waals surface area contributed by atoms with Gasteiger partial charge in [0.1, 0.15) is 0 Å². The smallest absolute Gasteiger partial charge is 0.151 e. The van der Waals surface area contributed by atoms with Crippen LogP contribution in [0.3, 0.4) is 0 Å². The summed E-state index contributed by atoms with van der Waals surface area (Å²) in [5.41, 5.74) is 11.9. The molecule has 0 heterocycles. The summed E-state index contributed by atoms with van der Waals surface area (Å²) in [6, 6.07) is 7.20. The topological polar surface area (TPSA) is 86.2 Å². The summed E-state index contributed by atoms with van der Waals surface area (Å²) < 4.78 is 23.7. The van der Waals surface area contributed by atoms with Gasteiger partial charge in [-0.1, -0.05) is 23.7 Å². The number of benzene rings is 1. The van der Waals surface area contributed by atoms with Crippen LogP contribution in [-0.2, 0) is 9.84 Å². The predicted molar refractivity (Wildman–Crippen MR) is 73.4 cm³/mol. The van der Waals surface area contributed by atoms with Gasteiger partial charge < -0.3 is 11.5 Å². The average molecular weight is 289 g/mol. The third kappa shape index (κ3) is 2.05. The third-order valence-corrected chi connectivity index (χ3v) is 5.75. The minimum absolute atomic E-state index is 0.125. The van der Waals surface area contributed by atoms with Crippen molar-refractivity contribution >= 4 is 21.4 Å². The lowest BCUT2D eigenvalue weighted by Gasteiger charge is -2.12. The first-order chi connectivity index (χ1) is 8.36. The molecule has 4 nitrogen and oxygen atoms in total. The van der Waals surface area contributed by atoms with Crippen LogP contribution in [0, 0.1) is 5.41 Å². The molecule has 1 aromatic rings. The summed E-state index contributed by atoms with van der Waals surface area (Å²) in [5, 5.41) is 0.141. The van der Waals surface area contributed by atoms with Gasteiger partial charge in [-0.25, -0.2) is 8.42 Å². The fourth-order valence-electron chi connectivity index (χ4n) is 2.87. The van der Waals surface area contributed by atoms with Crippen LogP contribution in [0.15, 0.2) is 24.3 Å². The Kier molecular flexibility index (Phi) is 3.44. The van der Waals surface area contributed by atoms with Crippen LogP contribution in [0.25, 0.3) is 0 Å². The van der Waals surface area contributed by atoms with Crippen LogP contribution in [0.1, 0.15) is 11.5 Å². The molecule has 0 unspecified atom stereocenters. The fourth-order valence-corrected chi connectivity index (χ4v) is 5.04. The van der Waals surface area contributed by atoms with Crippen molar-refractivity contribution < 1.29 is 8.42 Å². The average Bonchev–Trinajstić information content (AvgIpc) is 3.00. The molecule has 1 saturated carbocycles. The van der Waals surface area contributed by atoms with Crippen molar-refractivity contribution in [2.45, 2.75) is 11.2 Å². The van der Waals surface area contributed by atoms with Crippen LogP contribution in [0.2, 0.25) is 5.02 Å². The van der Waals surface area contributed by atoms with Gasteiger partial charge >= 0.3 is 0 Å². The summed E-state index contributed by atoms with van der Waals surface area (Å²) in [5.74, 6) is -0.125. The first-order valence-corrected chi connectivity index (χ1v) is 8.04. The zero-order valence-corrected chi connectivity index (χ0v) is 11.7. The number of nitrogens with two attached hydrogens (primary N) is 2. The normalized spacial score (nSPS) is 26.0. The second-order valence-electron chi connectivity index (χ2n) is 4.92. The van der Waals surface area contributed by atoms with E-state index in [9.17, 15) is 8.42 Å². The van der Waals surface area contributed by atoms with E-state index in [4.69, 9.17) is 23.1 Å². The van der Waals surface area contributed by atoms with Gasteiger partial charge in [-0.05, 0) is 17.7 Å². The Morgan fingerprint density at radius 1 is 1.22 bits per heavy atom. The molecule has 1 aliphatic rings. The molecule has 0 bridgehead atoms. The van der Waals surface area contributed by atoms with Crippen LogP contribution in [0.5, 0.6) is 0 Å². The lowest BCUT2D eigenvalue weighted by molar-refractivity contribution is 0.511. The van der Waals surface area contributed by atoms with Gasteiger partial charge in [-0.3, -0.25) is 0 Å². The molecule has 0 aliphatic heterocycles. The molecule has 1 fully saturated rings. The lowest BCUT2D eigenvalue weighted by atomic mass is 9.99. The Balaban J connectivity index is 2.41. The van der Waals surface area contributed by atoms with E-state index in [1.54, 1.807) is 12.1 Å². The van der Waals surface area contributed by atoms with Crippen LogP contribution < -0.4 is 11.5 Å². The maximum Gasteiger partial charge on any atom is 0.151 e. The molecule has 2 rings (SSSR count). The van der Waals surface area contributed by atoms with Crippen LogP contribution >= 0.6 is 11.6 Å². The molecule has 0 saturated heterocycles. The van der Waals surface area contributed by atoms with Gasteiger partial charge in [0.05, 0.1) is 5.25 Å². The highest BCUT2D eigenvalue weighted by molar-refractivity contribution is 7.91. The van der Waals surface area contributed by atoms with Gasteiger partial charge in [0.25, 0.3) is 0 Å². The molecule has 4 N–H and O–H groups in total. The summed E-state index contributed by atoms with van der Waals surface area (Å²) in [6.07, 6.45) is 1.24. The molecule has 2 atom stereocenters. The van der Waals surface area contributed by atoms with Crippen LogP contribution in [-0.4, -0.2) is 33.0 Å². The number of hydrogen-bond acceptors (Lipinski definition) is 4. The molecule has 1 aliphatic carbocycles. The standard InChI is InChI=1S/C12H17ClN2O2S/c1-18(16,17)11-10(12(11,6-14)7-15)8-2-4-9(13)5-3-8/h2-5,10-11H,6-7,14-15H2,1H3/t10-,11+/m1/s1. The SMILES string of the molecule is CS(=O)(=O)[C@H]1[C@@H](c2ccc(Cl)cc2)C1(CN)CN. The van der Waals surface area contributed by atoms with Gasteiger partial charge in [-0.2, -0.15) is 0 Å². The molecule has 0 aromatic heterocycles. The summed E-state index contributed by atoms with van der Waals surface area (Å²) in [7, 11) is -3.16. The van der Waals surface area contributed by atoms with Gasteiger partial charge in [0, 0.05) is 35.7 Å². The molecule has 0 spiro atoms. The van der Waals surface area contributed by atoms with E-state index in [2.05, 4.69) is 0 Å². The molecular weight excluding hydrogens is 272 g/mol.